The molecule has 1 atom stereocenters. The molecule has 0 fully saturated rings. The highest BCUT2D eigenvalue weighted by molar-refractivity contribution is 5.78. The summed E-state index contributed by atoms with van der Waals surface area (Å²) in [5.41, 5.74) is -2.26. The number of carbonyl (C=O) groups is 1. The van der Waals surface area contributed by atoms with Gasteiger partial charge in [-0.3, -0.25) is 4.57 Å². The van der Waals surface area contributed by atoms with Gasteiger partial charge < -0.3 is 9.84 Å². The van der Waals surface area contributed by atoms with Gasteiger partial charge in [0.1, 0.15) is 0 Å². The summed E-state index contributed by atoms with van der Waals surface area (Å²) in [5.74, 6) is -0.793. The SMILES string of the molecule is COC(=O)C(C)(O)Cn1cccnc1=O. The van der Waals surface area contributed by atoms with Crippen LogP contribution in [-0.4, -0.2) is 33.3 Å². The Balaban J connectivity index is 2.91. The minimum atomic E-state index is -1.73. The quantitative estimate of drug-likeness (QED) is 0.661. The molecule has 0 saturated carbocycles. The summed E-state index contributed by atoms with van der Waals surface area (Å²) in [5, 5.41) is 9.70. The minimum Gasteiger partial charge on any atom is -0.467 e. The van der Waals surface area contributed by atoms with Gasteiger partial charge >= 0.3 is 11.7 Å². The number of aromatic nitrogens is 2. The van der Waals surface area contributed by atoms with Crippen molar-refractivity contribution in [3.05, 3.63) is 28.9 Å². The van der Waals surface area contributed by atoms with Crippen molar-refractivity contribution in [1.29, 1.82) is 0 Å². The van der Waals surface area contributed by atoms with Crippen LogP contribution in [0.1, 0.15) is 6.92 Å². The van der Waals surface area contributed by atoms with Gasteiger partial charge in [-0.2, -0.15) is 0 Å². The largest absolute Gasteiger partial charge is 0.467 e. The zero-order valence-corrected chi connectivity index (χ0v) is 8.51. The zero-order chi connectivity index (χ0) is 11.5. The van der Waals surface area contributed by atoms with E-state index in [1.54, 1.807) is 0 Å². The molecular weight excluding hydrogens is 200 g/mol. The number of hydrogen-bond donors (Lipinski definition) is 1. The van der Waals surface area contributed by atoms with Crippen LogP contribution in [0.15, 0.2) is 23.3 Å². The summed E-state index contributed by atoms with van der Waals surface area (Å²) < 4.78 is 5.54. The molecule has 1 aromatic heterocycles. The van der Waals surface area contributed by atoms with Gasteiger partial charge in [0.15, 0.2) is 5.60 Å². The van der Waals surface area contributed by atoms with Crippen LogP contribution in [0.2, 0.25) is 0 Å². The normalized spacial score (nSPS) is 14.3. The standard InChI is InChI=1S/C9H12N2O4/c1-9(14,7(12)15-2)6-11-5-3-4-10-8(11)13/h3-5,14H,6H2,1-2H3. The molecular formula is C9H12N2O4. The molecule has 15 heavy (non-hydrogen) atoms. The Morgan fingerprint density at radius 2 is 2.40 bits per heavy atom. The Hall–Kier alpha value is -1.69. The van der Waals surface area contributed by atoms with E-state index in [-0.39, 0.29) is 6.54 Å². The summed E-state index contributed by atoms with van der Waals surface area (Å²) in [6, 6.07) is 1.54. The van der Waals surface area contributed by atoms with E-state index in [2.05, 4.69) is 9.72 Å². The van der Waals surface area contributed by atoms with Crippen LogP contribution in [0.3, 0.4) is 0 Å². The lowest BCUT2D eigenvalue weighted by Crippen LogP contribution is -2.43. The molecule has 6 heteroatoms. The second-order valence-electron chi connectivity index (χ2n) is 3.30. The van der Waals surface area contributed by atoms with Crippen molar-refractivity contribution in [3.63, 3.8) is 0 Å². The van der Waals surface area contributed by atoms with Crippen molar-refractivity contribution in [1.82, 2.24) is 9.55 Å². The first-order chi connectivity index (χ1) is 6.97. The molecule has 1 aromatic rings. The second kappa shape index (κ2) is 4.22. The van der Waals surface area contributed by atoms with Crippen molar-refractivity contribution < 1.29 is 14.6 Å². The van der Waals surface area contributed by atoms with E-state index in [1.165, 1.54) is 32.5 Å². The van der Waals surface area contributed by atoms with E-state index in [0.29, 0.717) is 0 Å². The first-order valence-electron chi connectivity index (χ1n) is 4.29. The van der Waals surface area contributed by atoms with Crippen molar-refractivity contribution >= 4 is 5.97 Å². The van der Waals surface area contributed by atoms with E-state index in [4.69, 9.17) is 0 Å². The Morgan fingerprint density at radius 3 is 2.93 bits per heavy atom. The van der Waals surface area contributed by atoms with Crippen molar-refractivity contribution in [2.24, 2.45) is 0 Å². The van der Waals surface area contributed by atoms with Crippen LogP contribution >= 0.6 is 0 Å². The van der Waals surface area contributed by atoms with Gasteiger partial charge in [0.2, 0.25) is 0 Å². The fraction of sp³-hybridized carbons (Fsp3) is 0.444. The van der Waals surface area contributed by atoms with E-state index in [0.717, 1.165) is 4.57 Å². The number of carbonyl (C=O) groups excluding carboxylic acids is 1. The number of ether oxygens (including phenoxy) is 1. The summed E-state index contributed by atoms with van der Waals surface area (Å²) in [6.45, 7) is 1.09. The third-order valence-corrected chi connectivity index (χ3v) is 1.89. The van der Waals surface area contributed by atoms with E-state index >= 15 is 0 Å². The molecule has 1 N–H and O–H groups in total. The lowest BCUT2D eigenvalue weighted by Gasteiger charge is -2.20. The molecule has 1 rings (SSSR count). The Morgan fingerprint density at radius 1 is 1.73 bits per heavy atom. The van der Waals surface area contributed by atoms with Crippen LogP contribution in [0.5, 0.6) is 0 Å². The maximum Gasteiger partial charge on any atom is 0.347 e. The lowest BCUT2D eigenvalue weighted by molar-refractivity contribution is -0.161. The highest BCUT2D eigenvalue weighted by Gasteiger charge is 2.32. The molecule has 0 amide bonds. The number of esters is 1. The van der Waals surface area contributed by atoms with Crippen LogP contribution in [0, 0.1) is 0 Å². The molecule has 0 saturated heterocycles. The second-order valence-corrected chi connectivity index (χ2v) is 3.30. The summed E-state index contributed by atoms with van der Waals surface area (Å²) in [6.07, 6.45) is 2.78. The van der Waals surface area contributed by atoms with E-state index in [9.17, 15) is 14.7 Å². The number of methoxy groups -OCH3 is 1. The predicted molar refractivity (Wildman–Crippen MR) is 51.1 cm³/mol. The van der Waals surface area contributed by atoms with Crippen LogP contribution < -0.4 is 5.69 Å². The maximum atomic E-state index is 11.2. The number of hydrogen-bond acceptors (Lipinski definition) is 5. The van der Waals surface area contributed by atoms with Gasteiger partial charge in [0.25, 0.3) is 0 Å². The van der Waals surface area contributed by atoms with Crippen LogP contribution in [0.4, 0.5) is 0 Å². The van der Waals surface area contributed by atoms with Crippen molar-refractivity contribution in [2.75, 3.05) is 7.11 Å². The first kappa shape index (κ1) is 11.4. The van der Waals surface area contributed by atoms with Gasteiger partial charge in [0, 0.05) is 12.4 Å². The van der Waals surface area contributed by atoms with Crippen LogP contribution in [0.25, 0.3) is 0 Å². The van der Waals surface area contributed by atoms with Crippen molar-refractivity contribution in [3.8, 4) is 0 Å². The van der Waals surface area contributed by atoms with Gasteiger partial charge in [-0.05, 0) is 13.0 Å². The molecule has 0 radical (unpaired) electrons. The van der Waals surface area contributed by atoms with Gasteiger partial charge in [-0.1, -0.05) is 0 Å². The number of aliphatic hydroxyl groups is 1. The highest BCUT2D eigenvalue weighted by atomic mass is 16.5. The average Bonchev–Trinajstić information content (AvgIpc) is 2.20. The van der Waals surface area contributed by atoms with E-state index < -0.39 is 17.3 Å². The van der Waals surface area contributed by atoms with E-state index in [1.807, 2.05) is 0 Å². The van der Waals surface area contributed by atoms with Crippen molar-refractivity contribution in [2.45, 2.75) is 19.1 Å². The zero-order valence-electron chi connectivity index (χ0n) is 8.51. The lowest BCUT2D eigenvalue weighted by atomic mass is 10.1. The number of rotatable bonds is 3. The molecule has 0 aromatic carbocycles. The molecule has 1 unspecified atom stereocenters. The highest BCUT2D eigenvalue weighted by Crippen LogP contribution is 2.07. The molecule has 0 bridgehead atoms. The molecule has 0 spiro atoms. The van der Waals surface area contributed by atoms with Gasteiger partial charge in [-0.15, -0.1) is 0 Å². The third-order valence-electron chi connectivity index (χ3n) is 1.89. The maximum absolute atomic E-state index is 11.2. The smallest absolute Gasteiger partial charge is 0.347 e. The Labute approximate surface area is 86.1 Å². The Bertz CT molecular complexity index is 411. The molecule has 1 heterocycles. The van der Waals surface area contributed by atoms with Gasteiger partial charge in [-0.25, -0.2) is 14.6 Å². The fourth-order valence-corrected chi connectivity index (χ4v) is 1.12. The molecule has 6 nitrogen and oxygen atoms in total. The van der Waals surface area contributed by atoms with Crippen LogP contribution in [-0.2, 0) is 16.1 Å². The van der Waals surface area contributed by atoms with Gasteiger partial charge in [0.05, 0.1) is 13.7 Å². The first-order valence-corrected chi connectivity index (χ1v) is 4.29. The monoisotopic (exact) mass is 212 g/mol. The summed E-state index contributed by atoms with van der Waals surface area (Å²) in [7, 11) is 1.17. The molecule has 0 aliphatic heterocycles. The Kier molecular flexibility index (Phi) is 3.21. The molecule has 0 aliphatic rings. The topological polar surface area (TPSA) is 81.4 Å². The number of nitrogens with zero attached hydrogens (tertiary/aromatic N) is 2. The fourth-order valence-electron chi connectivity index (χ4n) is 1.12. The summed E-state index contributed by atoms with van der Waals surface area (Å²) in [4.78, 5) is 25.8. The molecule has 0 aliphatic carbocycles. The third kappa shape index (κ3) is 2.63. The minimum absolute atomic E-state index is 0.188. The molecule has 82 valence electrons. The predicted octanol–water partition coefficient (Wildman–Crippen LogP) is -0.833. The summed E-state index contributed by atoms with van der Waals surface area (Å²) >= 11 is 0. The average molecular weight is 212 g/mol.